The molecule has 2 aliphatic rings. The van der Waals surface area contributed by atoms with Crippen LogP contribution in [-0.4, -0.2) is 46.8 Å². The highest BCUT2D eigenvalue weighted by Crippen LogP contribution is 2.27. The standard InChI is InChI=1S/C22H28N2O5/c1-13(2)12-18(24-20(26)16-10-6-7-11-17(16)21(24)27)22(28)29-14(3)19(25)23-15-8-4-5-9-15/h6-7,10-11,13-15,18H,4-5,8-9,12H2,1-3H3,(H,23,25)/t14-,18+/m0/s1. The predicted octanol–water partition coefficient (Wildman–Crippen LogP) is 2.69. The number of imide groups is 1. The topological polar surface area (TPSA) is 92.8 Å². The predicted molar refractivity (Wildman–Crippen MR) is 106 cm³/mol. The first-order chi connectivity index (χ1) is 13.8. The molecule has 3 amide bonds. The van der Waals surface area contributed by atoms with Crippen LogP contribution in [0.2, 0.25) is 0 Å². The lowest BCUT2D eigenvalue weighted by molar-refractivity contribution is -0.159. The molecule has 0 bridgehead atoms. The van der Waals surface area contributed by atoms with Crippen molar-refractivity contribution in [2.75, 3.05) is 0 Å². The van der Waals surface area contributed by atoms with E-state index in [0.29, 0.717) is 0 Å². The number of hydrogen-bond donors (Lipinski definition) is 1. The summed E-state index contributed by atoms with van der Waals surface area (Å²) in [6.45, 7) is 5.31. The van der Waals surface area contributed by atoms with Gasteiger partial charge in [0.1, 0.15) is 6.04 Å². The molecule has 1 aromatic rings. The number of ether oxygens (including phenoxy) is 1. The lowest BCUT2D eigenvalue weighted by atomic mass is 10.0. The minimum atomic E-state index is -1.07. The van der Waals surface area contributed by atoms with Crippen molar-refractivity contribution in [1.29, 1.82) is 0 Å². The number of benzene rings is 1. The summed E-state index contributed by atoms with van der Waals surface area (Å²) < 4.78 is 5.40. The van der Waals surface area contributed by atoms with E-state index < -0.39 is 29.9 Å². The number of fused-ring (bicyclic) bond motifs is 1. The van der Waals surface area contributed by atoms with Crippen LogP contribution in [0.1, 0.15) is 73.6 Å². The summed E-state index contributed by atoms with van der Waals surface area (Å²) >= 11 is 0. The Bertz CT molecular complexity index is 778. The SMILES string of the molecule is CC(C)C[C@H](C(=O)O[C@@H](C)C(=O)NC1CCCC1)N1C(=O)c2ccccc2C1=O. The van der Waals surface area contributed by atoms with Crippen LogP contribution in [0, 0.1) is 5.92 Å². The van der Waals surface area contributed by atoms with Crippen LogP contribution < -0.4 is 5.32 Å². The van der Waals surface area contributed by atoms with Crippen LogP contribution in [0.25, 0.3) is 0 Å². The van der Waals surface area contributed by atoms with Gasteiger partial charge in [0, 0.05) is 6.04 Å². The van der Waals surface area contributed by atoms with E-state index in [0.717, 1.165) is 30.6 Å². The summed E-state index contributed by atoms with van der Waals surface area (Å²) in [4.78, 5) is 51.9. The van der Waals surface area contributed by atoms with Crippen molar-refractivity contribution >= 4 is 23.7 Å². The number of esters is 1. The zero-order valence-electron chi connectivity index (χ0n) is 17.1. The molecule has 1 fully saturated rings. The third-order valence-electron chi connectivity index (χ3n) is 5.47. The molecule has 2 atom stereocenters. The molecule has 7 heteroatoms. The number of nitrogens with one attached hydrogen (secondary N) is 1. The van der Waals surface area contributed by atoms with Crippen LogP contribution in [-0.2, 0) is 14.3 Å². The maximum atomic E-state index is 12.9. The summed E-state index contributed by atoms with van der Waals surface area (Å²) in [5, 5.41) is 2.90. The first kappa shape index (κ1) is 21.0. The average molecular weight is 400 g/mol. The Morgan fingerprint density at radius 3 is 2.14 bits per heavy atom. The summed E-state index contributed by atoms with van der Waals surface area (Å²) in [7, 11) is 0. The van der Waals surface area contributed by atoms with Gasteiger partial charge in [-0.1, -0.05) is 38.8 Å². The molecule has 0 spiro atoms. The summed E-state index contributed by atoms with van der Waals surface area (Å²) in [5.41, 5.74) is 0.567. The Morgan fingerprint density at radius 2 is 1.62 bits per heavy atom. The zero-order chi connectivity index (χ0) is 21.1. The third kappa shape index (κ3) is 4.49. The van der Waals surface area contributed by atoms with E-state index in [1.54, 1.807) is 24.3 Å². The number of carbonyl (C=O) groups is 4. The van der Waals surface area contributed by atoms with Crippen LogP contribution in [0.4, 0.5) is 0 Å². The highest BCUT2D eigenvalue weighted by molar-refractivity contribution is 6.22. The van der Waals surface area contributed by atoms with Crippen molar-refractivity contribution in [2.45, 2.75) is 71.1 Å². The Hall–Kier alpha value is -2.70. The number of carbonyl (C=O) groups excluding carboxylic acids is 4. The van der Waals surface area contributed by atoms with E-state index in [1.807, 2.05) is 13.8 Å². The second-order valence-electron chi connectivity index (χ2n) is 8.24. The summed E-state index contributed by atoms with van der Waals surface area (Å²) in [6, 6.07) is 5.56. The average Bonchev–Trinajstić information content (AvgIpc) is 3.27. The smallest absolute Gasteiger partial charge is 0.330 e. The highest BCUT2D eigenvalue weighted by Gasteiger charge is 2.44. The van der Waals surface area contributed by atoms with Crippen molar-refractivity contribution in [3.63, 3.8) is 0 Å². The molecule has 0 aromatic heterocycles. The molecule has 1 heterocycles. The van der Waals surface area contributed by atoms with E-state index in [9.17, 15) is 19.2 Å². The Labute approximate surface area is 170 Å². The number of rotatable bonds is 7. The van der Waals surface area contributed by atoms with E-state index in [2.05, 4.69) is 5.32 Å². The van der Waals surface area contributed by atoms with Gasteiger partial charge in [-0.2, -0.15) is 0 Å². The van der Waals surface area contributed by atoms with Crippen LogP contribution in [0.3, 0.4) is 0 Å². The third-order valence-corrected chi connectivity index (χ3v) is 5.47. The molecular weight excluding hydrogens is 372 g/mol. The van der Waals surface area contributed by atoms with Gasteiger partial charge in [-0.25, -0.2) is 4.79 Å². The second kappa shape index (κ2) is 8.76. The van der Waals surface area contributed by atoms with Gasteiger partial charge in [0.05, 0.1) is 11.1 Å². The molecule has 29 heavy (non-hydrogen) atoms. The van der Waals surface area contributed by atoms with Gasteiger partial charge in [-0.15, -0.1) is 0 Å². The molecule has 156 valence electrons. The molecule has 1 N–H and O–H groups in total. The minimum absolute atomic E-state index is 0.0412. The van der Waals surface area contributed by atoms with Gasteiger partial charge in [-0.05, 0) is 44.2 Å². The van der Waals surface area contributed by atoms with Crippen LogP contribution in [0.15, 0.2) is 24.3 Å². The Kier molecular flexibility index (Phi) is 6.35. The summed E-state index contributed by atoms with van der Waals surface area (Å²) in [6.07, 6.45) is 3.29. The van der Waals surface area contributed by atoms with Crippen molar-refractivity contribution in [3.05, 3.63) is 35.4 Å². The van der Waals surface area contributed by atoms with Crippen molar-refractivity contribution in [1.82, 2.24) is 10.2 Å². The maximum absolute atomic E-state index is 12.9. The van der Waals surface area contributed by atoms with E-state index >= 15 is 0 Å². The number of nitrogens with zero attached hydrogens (tertiary/aromatic N) is 1. The zero-order valence-corrected chi connectivity index (χ0v) is 17.1. The molecule has 7 nitrogen and oxygen atoms in total. The van der Waals surface area contributed by atoms with Gasteiger partial charge < -0.3 is 10.1 Å². The fourth-order valence-electron chi connectivity index (χ4n) is 3.94. The molecule has 0 radical (unpaired) electrons. The molecule has 1 aliphatic carbocycles. The van der Waals surface area contributed by atoms with E-state index in [4.69, 9.17) is 4.74 Å². The van der Waals surface area contributed by atoms with Crippen molar-refractivity contribution in [2.24, 2.45) is 5.92 Å². The first-order valence-corrected chi connectivity index (χ1v) is 10.3. The fourth-order valence-corrected chi connectivity index (χ4v) is 3.94. The lowest BCUT2D eigenvalue weighted by Gasteiger charge is -2.27. The quantitative estimate of drug-likeness (QED) is 0.561. The molecule has 0 saturated heterocycles. The van der Waals surface area contributed by atoms with Crippen LogP contribution >= 0.6 is 0 Å². The molecule has 3 rings (SSSR count). The van der Waals surface area contributed by atoms with Gasteiger partial charge in [0.15, 0.2) is 6.10 Å². The number of hydrogen-bond acceptors (Lipinski definition) is 5. The van der Waals surface area contributed by atoms with Gasteiger partial charge >= 0.3 is 5.97 Å². The maximum Gasteiger partial charge on any atom is 0.330 e. The number of amides is 3. The normalized spacial score (nSPS) is 18.7. The monoisotopic (exact) mass is 400 g/mol. The second-order valence-corrected chi connectivity index (χ2v) is 8.24. The van der Waals surface area contributed by atoms with Crippen molar-refractivity contribution < 1.29 is 23.9 Å². The summed E-state index contributed by atoms with van der Waals surface area (Å²) in [5.74, 6) is -2.05. The molecule has 0 unspecified atom stereocenters. The Morgan fingerprint density at radius 1 is 1.07 bits per heavy atom. The largest absolute Gasteiger partial charge is 0.451 e. The van der Waals surface area contributed by atoms with Crippen molar-refractivity contribution in [3.8, 4) is 0 Å². The van der Waals surface area contributed by atoms with Gasteiger partial charge in [0.2, 0.25) is 0 Å². The minimum Gasteiger partial charge on any atom is -0.451 e. The van der Waals surface area contributed by atoms with Gasteiger partial charge in [0.25, 0.3) is 17.7 Å². The van der Waals surface area contributed by atoms with E-state index in [-0.39, 0.29) is 35.4 Å². The molecule has 1 aromatic carbocycles. The molecular formula is C22H28N2O5. The molecule has 1 saturated carbocycles. The van der Waals surface area contributed by atoms with E-state index in [1.165, 1.54) is 6.92 Å². The van der Waals surface area contributed by atoms with Crippen LogP contribution in [0.5, 0.6) is 0 Å². The fraction of sp³-hybridized carbons (Fsp3) is 0.545. The highest BCUT2D eigenvalue weighted by atomic mass is 16.5. The Balaban J connectivity index is 1.73. The van der Waals surface area contributed by atoms with Gasteiger partial charge in [-0.3, -0.25) is 19.3 Å². The first-order valence-electron chi connectivity index (χ1n) is 10.3. The molecule has 1 aliphatic heterocycles. The lowest BCUT2D eigenvalue weighted by Crippen LogP contribution is -2.49.